The molecule has 0 spiro atoms. The molecule has 200 valence electrons. The van der Waals surface area contributed by atoms with Crippen LogP contribution in [-0.4, -0.2) is 64.2 Å². The summed E-state index contributed by atoms with van der Waals surface area (Å²) in [5.41, 5.74) is 4.62. The summed E-state index contributed by atoms with van der Waals surface area (Å²) < 4.78 is 0. The van der Waals surface area contributed by atoms with E-state index in [9.17, 15) is 0 Å². The van der Waals surface area contributed by atoms with Crippen molar-refractivity contribution in [2.45, 2.75) is 26.2 Å². The lowest BCUT2D eigenvalue weighted by Gasteiger charge is -2.34. The quantitative estimate of drug-likeness (QED) is 0.376. The second kappa shape index (κ2) is 11.6. The smallest absolute Gasteiger partial charge is 0.231 e. The van der Waals surface area contributed by atoms with Crippen LogP contribution in [0, 0.1) is 5.92 Å². The van der Waals surface area contributed by atoms with E-state index in [2.05, 4.69) is 95.4 Å². The molecule has 2 aliphatic heterocycles. The van der Waals surface area contributed by atoms with Gasteiger partial charge in [-0.3, -0.25) is 0 Å². The molecule has 2 saturated heterocycles. The summed E-state index contributed by atoms with van der Waals surface area (Å²) in [6.07, 6.45) is 8.87. The molecule has 2 fully saturated rings. The number of nitrogens with one attached hydrogen (secondary N) is 1. The first-order valence-corrected chi connectivity index (χ1v) is 13.9. The fourth-order valence-electron chi connectivity index (χ4n) is 5.35. The van der Waals surface area contributed by atoms with Gasteiger partial charge in [0.25, 0.3) is 0 Å². The number of hydrogen-bond acceptors (Lipinski definition) is 9. The summed E-state index contributed by atoms with van der Waals surface area (Å²) in [5.74, 6) is 2.76. The predicted octanol–water partition coefficient (Wildman–Crippen LogP) is 4.56. The summed E-state index contributed by atoms with van der Waals surface area (Å²) in [7, 11) is 0. The number of nitrogens with zero attached hydrogens (tertiary/aromatic N) is 8. The topological polar surface area (TPSA) is 86.2 Å². The molecule has 39 heavy (non-hydrogen) atoms. The summed E-state index contributed by atoms with van der Waals surface area (Å²) in [6, 6.07) is 19.0. The molecule has 9 heteroatoms. The Bertz CT molecular complexity index is 1340. The molecule has 1 N–H and O–H groups in total. The van der Waals surface area contributed by atoms with E-state index < -0.39 is 0 Å². The fraction of sp³-hybridized carbons (Fsp3) is 0.367. The largest absolute Gasteiger partial charge is 0.371 e. The van der Waals surface area contributed by atoms with Gasteiger partial charge in [-0.1, -0.05) is 37.3 Å². The lowest BCUT2D eigenvalue weighted by molar-refractivity contribution is 0.447. The third-order valence-corrected chi connectivity index (χ3v) is 7.49. The molecular weight excluding hydrogens is 486 g/mol. The van der Waals surface area contributed by atoms with Crippen LogP contribution in [0.25, 0.3) is 0 Å². The molecule has 0 amide bonds. The summed E-state index contributed by atoms with van der Waals surface area (Å²) in [6.45, 7) is 7.79. The van der Waals surface area contributed by atoms with E-state index in [1.54, 1.807) is 6.33 Å². The van der Waals surface area contributed by atoms with E-state index in [0.29, 0.717) is 11.9 Å². The molecule has 0 saturated carbocycles. The zero-order valence-corrected chi connectivity index (χ0v) is 22.4. The van der Waals surface area contributed by atoms with Gasteiger partial charge in [0.1, 0.15) is 6.33 Å². The van der Waals surface area contributed by atoms with Crippen molar-refractivity contribution in [1.82, 2.24) is 24.9 Å². The molecule has 0 aliphatic carbocycles. The zero-order chi connectivity index (χ0) is 26.4. The molecular formula is C30H35N9. The Labute approximate surface area is 230 Å². The lowest BCUT2D eigenvalue weighted by atomic mass is 10.00. The molecule has 2 aromatic heterocycles. The monoisotopic (exact) mass is 521 g/mol. The van der Waals surface area contributed by atoms with Crippen molar-refractivity contribution < 1.29 is 0 Å². The van der Waals surface area contributed by atoms with Crippen LogP contribution in [0.15, 0.2) is 73.3 Å². The first-order valence-electron chi connectivity index (χ1n) is 13.9. The van der Waals surface area contributed by atoms with E-state index in [0.717, 1.165) is 68.8 Å². The Balaban J connectivity index is 1.03. The average Bonchev–Trinajstić information content (AvgIpc) is 2.99. The minimum atomic E-state index is 0.555. The second-order valence-electron chi connectivity index (χ2n) is 10.5. The molecule has 0 unspecified atom stereocenters. The summed E-state index contributed by atoms with van der Waals surface area (Å²) in [5, 5.41) is 3.34. The Morgan fingerprint density at radius 1 is 0.744 bits per heavy atom. The molecule has 0 bridgehead atoms. The number of piperazine rings is 1. The van der Waals surface area contributed by atoms with Crippen molar-refractivity contribution in [2.75, 3.05) is 59.3 Å². The molecule has 2 aromatic carbocycles. The van der Waals surface area contributed by atoms with Gasteiger partial charge in [0.15, 0.2) is 0 Å². The fourth-order valence-corrected chi connectivity index (χ4v) is 5.35. The molecule has 9 nitrogen and oxygen atoms in total. The number of hydrogen-bond donors (Lipinski definition) is 1. The van der Waals surface area contributed by atoms with Gasteiger partial charge in [-0.15, -0.1) is 0 Å². The number of aromatic nitrogens is 5. The highest BCUT2D eigenvalue weighted by Crippen LogP contribution is 2.25. The standard InChI is InChI=1S/C30H35N9/c1-23-6-5-13-39(21-23)27-11-9-26(10-12-27)35-28-33-22-34-30(36-28)38-16-14-37(15-17-38)29-31-19-25(20-32-29)18-24-7-3-2-4-8-24/h2-4,7-12,19-20,22-23H,5-6,13-18,21H2,1H3,(H,33,34,35,36)/t23-/m1/s1. The van der Waals surface area contributed by atoms with Crippen LogP contribution in [0.5, 0.6) is 0 Å². The van der Waals surface area contributed by atoms with Crippen LogP contribution >= 0.6 is 0 Å². The molecule has 1 atom stereocenters. The normalized spacial score (nSPS) is 17.8. The van der Waals surface area contributed by atoms with Crippen LogP contribution in [0.3, 0.4) is 0 Å². The number of benzene rings is 2. The zero-order valence-electron chi connectivity index (χ0n) is 22.4. The van der Waals surface area contributed by atoms with Crippen molar-refractivity contribution >= 4 is 29.2 Å². The third kappa shape index (κ3) is 6.25. The van der Waals surface area contributed by atoms with Gasteiger partial charge in [-0.2, -0.15) is 4.98 Å². The highest BCUT2D eigenvalue weighted by atomic mass is 15.4. The van der Waals surface area contributed by atoms with Crippen molar-refractivity contribution in [3.8, 4) is 0 Å². The number of rotatable bonds is 7. The van der Waals surface area contributed by atoms with Crippen LogP contribution in [0.4, 0.5) is 29.2 Å². The molecule has 4 aromatic rings. The second-order valence-corrected chi connectivity index (χ2v) is 10.5. The van der Waals surface area contributed by atoms with Gasteiger partial charge in [-0.05, 0) is 54.2 Å². The molecule has 4 heterocycles. The van der Waals surface area contributed by atoms with Crippen molar-refractivity contribution in [2.24, 2.45) is 5.92 Å². The lowest BCUT2D eigenvalue weighted by Crippen LogP contribution is -2.47. The van der Waals surface area contributed by atoms with E-state index in [1.165, 1.54) is 24.1 Å². The minimum Gasteiger partial charge on any atom is -0.371 e. The molecule has 0 radical (unpaired) electrons. The Morgan fingerprint density at radius 2 is 1.46 bits per heavy atom. The predicted molar refractivity (Wildman–Crippen MR) is 156 cm³/mol. The SMILES string of the molecule is C[C@@H]1CCCN(c2ccc(Nc3ncnc(N4CCN(c5ncc(Cc6ccccc6)cn5)CC4)n3)cc2)C1. The molecule has 6 rings (SSSR count). The van der Waals surface area contributed by atoms with Crippen LogP contribution in [0.1, 0.15) is 30.9 Å². The third-order valence-electron chi connectivity index (χ3n) is 7.49. The van der Waals surface area contributed by atoms with Gasteiger partial charge in [0.05, 0.1) is 0 Å². The van der Waals surface area contributed by atoms with Gasteiger partial charge in [0.2, 0.25) is 17.8 Å². The van der Waals surface area contributed by atoms with E-state index in [-0.39, 0.29) is 0 Å². The van der Waals surface area contributed by atoms with Crippen LogP contribution < -0.4 is 20.0 Å². The van der Waals surface area contributed by atoms with Gasteiger partial charge < -0.3 is 20.0 Å². The van der Waals surface area contributed by atoms with Gasteiger partial charge in [0, 0.05) is 69.5 Å². The first kappa shape index (κ1) is 25.0. The van der Waals surface area contributed by atoms with E-state index in [4.69, 9.17) is 4.98 Å². The maximum atomic E-state index is 4.70. The van der Waals surface area contributed by atoms with Gasteiger partial charge >= 0.3 is 0 Å². The number of piperidine rings is 1. The Kier molecular flexibility index (Phi) is 7.47. The van der Waals surface area contributed by atoms with Crippen molar-refractivity contribution in [3.05, 3.63) is 84.4 Å². The summed E-state index contributed by atoms with van der Waals surface area (Å²) >= 11 is 0. The van der Waals surface area contributed by atoms with Crippen LogP contribution in [-0.2, 0) is 6.42 Å². The highest BCUT2D eigenvalue weighted by molar-refractivity contribution is 5.60. The minimum absolute atomic E-state index is 0.555. The van der Waals surface area contributed by atoms with Gasteiger partial charge in [-0.25, -0.2) is 19.9 Å². The molecule has 2 aliphatic rings. The number of anilines is 5. The first-order chi connectivity index (χ1) is 19.2. The van der Waals surface area contributed by atoms with Crippen molar-refractivity contribution in [1.29, 1.82) is 0 Å². The Morgan fingerprint density at radius 3 is 2.18 bits per heavy atom. The van der Waals surface area contributed by atoms with E-state index in [1.807, 2.05) is 18.5 Å². The summed E-state index contributed by atoms with van der Waals surface area (Å²) in [4.78, 5) is 29.6. The Hall–Kier alpha value is -4.27. The maximum Gasteiger partial charge on any atom is 0.231 e. The maximum absolute atomic E-state index is 4.70. The highest BCUT2D eigenvalue weighted by Gasteiger charge is 2.21. The van der Waals surface area contributed by atoms with E-state index >= 15 is 0 Å². The average molecular weight is 522 g/mol. The van der Waals surface area contributed by atoms with Crippen molar-refractivity contribution in [3.63, 3.8) is 0 Å². The van der Waals surface area contributed by atoms with Crippen LogP contribution in [0.2, 0.25) is 0 Å².